The van der Waals surface area contributed by atoms with E-state index in [0.717, 1.165) is 5.25 Å². The summed E-state index contributed by atoms with van der Waals surface area (Å²) in [6.07, 6.45) is 9.54. The predicted octanol–water partition coefficient (Wildman–Crippen LogP) is 3.91. The molecule has 3 heteroatoms. The molecule has 16 heavy (non-hydrogen) atoms. The van der Waals surface area contributed by atoms with Crippen LogP contribution in [-0.2, 0) is 0 Å². The van der Waals surface area contributed by atoms with Gasteiger partial charge in [0.15, 0.2) is 0 Å². The summed E-state index contributed by atoms with van der Waals surface area (Å²) in [7, 11) is 0. The fourth-order valence-electron chi connectivity index (χ4n) is 2.10. The van der Waals surface area contributed by atoms with Gasteiger partial charge in [0.1, 0.15) is 0 Å². The smallest absolute Gasteiger partial charge is 0.0289 e. The lowest BCUT2D eigenvalue weighted by Crippen LogP contribution is -2.36. The summed E-state index contributed by atoms with van der Waals surface area (Å²) in [5, 5.41) is 0.731. The van der Waals surface area contributed by atoms with Gasteiger partial charge in [-0.05, 0) is 6.42 Å². The van der Waals surface area contributed by atoms with Crippen molar-refractivity contribution in [2.75, 3.05) is 17.3 Å². The first-order valence-electron chi connectivity index (χ1n) is 6.79. The van der Waals surface area contributed by atoms with Crippen LogP contribution in [0.2, 0.25) is 0 Å². The van der Waals surface area contributed by atoms with Crippen molar-refractivity contribution in [1.29, 1.82) is 0 Å². The van der Waals surface area contributed by atoms with Gasteiger partial charge in [0.05, 0.1) is 0 Å². The molecule has 0 amide bonds. The molecule has 0 bridgehead atoms. The quantitative estimate of drug-likeness (QED) is 0.671. The molecule has 0 aromatic rings. The van der Waals surface area contributed by atoms with Crippen LogP contribution in [0.5, 0.6) is 0 Å². The fraction of sp³-hybridized carbons (Fsp3) is 1.00. The van der Waals surface area contributed by atoms with Crippen LogP contribution in [-0.4, -0.2) is 28.6 Å². The van der Waals surface area contributed by atoms with Crippen LogP contribution in [0.15, 0.2) is 0 Å². The van der Waals surface area contributed by atoms with Gasteiger partial charge in [-0.2, -0.15) is 23.5 Å². The standard InChI is InChI=1S/C13H27NS2/c1-2-3-4-5-6-7-8-12(14)13-11-15-9-10-16-13/h12-13H,2-11,14H2,1H3. The molecule has 2 N–H and O–H groups in total. The third kappa shape index (κ3) is 6.41. The SMILES string of the molecule is CCCCCCCCC(N)C1CSCCS1. The summed E-state index contributed by atoms with van der Waals surface area (Å²) < 4.78 is 0. The van der Waals surface area contributed by atoms with Crippen LogP contribution in [0.25, 0.3) is 0 Å². The molecule has 0 spiro atoms. The van der Waals surface area contributed by atoms with Crippen LogP contribution in [0.4, 0.5) is 0 Å². The number of unbranched alkanes of at least 4 members (excludes halogenated alkanes) is 5. The molecular weight excluding hydrogens is 234 g/mol. The molecule has 1 saturated heterocycles. The molecule has 0 aliphatic carbocycles. The lowest BCUT2D eigenvalue weighted by Gasteiger charge is -2.26. The first-order valence-corrected chi connectivity index (χ1v) is 9.00. The Morgan fingerprint density at radius 2 is 1.88 bits per heavy atom. The molecule has 1 rings (SSSR count). The van der Waals surface area contributed by atoms with E-state index in [4.69, 9.17) is 5.73 Å². The summed E-state index contributed by atoms with van der Waals surface area (Å²) in [4.78, 5) is 0. The molecule has 2 unspecified atom stereocenters. The van der Waals surface area contributed by atoms with Crippen molar-refractivity contribution in [3.05, 3.63) is 0 Å². The van der Waals surface area contributed by atoms with E-state index in [2.05, 4.69) is 30.4 Å². The van der Waals surface area contributed by atoms with E-state index in [-0.39, 0.29) is 0 Å². The Morgan fingerprint density at radius 1 is 1.12 bits per heavy atom. The molecule has 96 valence electrons. The van der Waals surface area contributed by atoms with E-state index in [1.807, 2.05) is 0 Å². The summed E-state index contributed by atoms with van der Waals surface area (Å²) in [6, 6.07) is 0.448. The van der Waals surface area contributed by atoms with Crippen molar-refractivity contribution in [2.24, 2.45) is 5.73 Å². The van der Waals surface area contributed by atoms with Gasteiger partial charge >= 0.3 is 0 Å². The Kier molecular flexibility index (Phi) is 8.89. The van der Waals surface area contributed by atoms with Crippen molar-refractivity contribution in [3.63, 3.8) is 0 Å². The number of hydrogen-bond donors (Lipinski definition) is 1. The molecule has 0 radical (unpaired) electrons. The Hall–Kier alpha value is 0.660. The third-order valence-corrected chi connectivity index (χ3v) is 6.15. The maximum atomic E-state index is 6.26. The minimum absolute atomic E-state index is 0.448. The van der Waals surface area contributed by atoms with E-state index in [9.17, 15) is 0 Å². The number of rotatable bonds is 8. The largest absolute Gasteiger partial charge is 0.327 e. The highest BCUT2D eigenvalue weighted by Gasteiger charge is 2.20. The maximum Gasteiger partial charge on any atom is 0.0289 e. The molecule has 1 aliphatic rings. The lowest BCUT2D eigenvalue weighted by molar-refractivity contribution is 0.533. The average molecular weight is 261 g/mol. The maximum absolute atomic E-state index is 6.26. The monoisotopic (exact) mass is 261 g/mol. The van der Waals surface area contributed by atoms with Gasteiger partial charge in [-0.3, -0.25) is 0 Å². The predicted molar refractivity (Wildman–Crippen MR) is 79.5 cm³/mol. The van der Waals surface area contributed by atoms with Gasteiger partial charge in [0, 0.05) is 28.6 Å². The highest BCUT2D eigenvalue weighted by Crippen LogP contribution is 2.27. The van der Waals surface area contributed by atoms with Crippen LogP contribution >= 0.6 is 23.5 Å². The zero-order valence-electron chi connectivity index (χ0n) is 10.6. The first-order chi connectivity index (χ1) is 7.84. The molecule has 1 heterocycles. The van der Waals surface area contributed by atoms with Crippen molar-refractivity contribution in [1.82, 2.24) is 0 Å². The van der Waals surface area contributed by atoms with Gasteiger partial charge in [0.25, 0.3) is 0 Å². The van der Waals surface area contributed by atoms with Gasteiger partial charge in [0.2, 0.25) is 0 Å². The van der Waals surface area contributed by atoms with Crippen LogP contribution in [0, 0.1) is 0 Å². The Balaban J connectivity index is 1.94. The fourth-order valence-corrected chi connectivity index (χ4v) is 4.96. The van der Waals surface area contributed by atoms with E-state index in [1.165, 1.54) is 62.2 Å². The molecule has 1 nitrogen and oxygen atoms in total. The van der Waals surface area contributed by atoms with Crippen LogP contribution in [0.1, 0.15) is 51.9 Å². The molecule has 0 aromatic heterocycles. The normalized spacial score (nSPS) is 23.2. The molecule has 2 atom stereocenters. The highest BCUT2D eigenvalue weighted by atomic mass is 32.2. The second-order valence-electron chi connectivity index (χ2n) is 4.70. The minimum atomic E-state index is 0.448. The molecule has 1 aliphatic heterocycles. The minimum Gasteiger partial charge on any atom is -0.327 e. The number of hydrogen-bond acceptors (Lipinski definition) is 3. The average Bonchev–Trinajstić information content (AvgIpc) is 2.34. The first kappa shape index (κ1) is 14.7. The lowest BCUT2D eigenvalue weighted by atomic mass is 10.0. The second kappa shape index (κ2) is 9.67. The van der Waals surface area contributed by atoms with Crippen molar-refractivity contribution < 1.29 is 0 Å². The van der Waals surface area contributed by atoms with Crippen LogP contribution < -0.4 is 5.73 Å². The number of thioether (sulfide) groups is 2. The summed E-state index contributed by atoms with van der Waals surface area (Å²) in [5.41, 5.74) is 6.26. The van der Waals surface area contributed by atoms with Gasteiger partial charge in [-0.25, -0.2) is 0 Å². The topological polar surface area (TPSA) is 26.0 Å². The highest BCUT2D eigenvalue weighted by molar-refractivity contribution is 8.06. The zero-order valence-corrected chi connectivity index (χ0v) is 12.3. The van der Waals surface area contributed by atoms with Gasteiger partial charge < -0.3 is 5.73 Å². The zero-order chi connectivity index (χ0) is 11.6. The molecule has 0 aromatic carbocycles. The summed E-state index contributed by atoms with van der Waals surface area (Å²) in [5.74, 6) is 3.91. The Bertz CT molecular complexity index is 158. The van der Waals surface area contributed by atoms with Crippen LogP contribution in [0.3, 0.4) is 0 Å². The molecule has 1 fully saturated rings. The van der Waals surface area contributed by atoms with Gasteiger partial charge in [-0.15, -0.1) is 0 Å². The molecular formula is C13H27NS2. The van der Waals surface area contributed by atoms with E-state index in [0.29, 0.717) is 6.04 Å². The van der Waals surface area contributed by atoms with Crippen molar-refractivity contribution in [2.45, 2.75) is 63.2 Å². The third-order valence-electron chi connectivity index (χ3n) is 3.21. The second-order valence-corrected chi connectivity index (χ2v) is 7.20. The Labute approximate surface area is 110 Å². The summed E-state index contributed by atoms with van der Waals surface area (Å²) in [6.45, 7) is 2.27. The van der Waals surface area contributed by atoms with E-state index in [1.54, 1.807) is 0 Å². The summed E-state index contributed by atoms with van der Waals surface area (Å²) >= 11 is 4.18. The van der Waals surface area contributed by atoms with E-state index >= 15 is 0 Å². The van der Waals surface area contributed by atoms with E-state index < -0.39 is 0 Å². The Morgan fingerprint density at radius 3 is 2.56 bits per heavy atom. The van der Waals surface area contributed by atoms with Gasteiger partial charge in [-0.1, -0.05) is 45.4 Å². The number of nitrogens with two attached hydrogens (primary N) is 1. The van der Waals surface area contributed by atoms with Crippen molar-refractivity contribution >= 4 is 23.5 Å². The molecule has 0 saturated carbocycles. The van der Waals surface area contributed by atoms with Crippen molar-refractivity contribution in [3.8, 4) is 0 Å².